The highest BCUT2D eigenvalue weighted by atomic mass is 79.9. The topological polar surface area (TPSA) is 49.3 Å². The maximum atomic E-state index is 10.4. The number of hydrogen-bond donors (Lipinski definition) is 2. The number of hydrogen-bond acceptors (Lipinski definition) is 2. The van der Waals surface area contributed by atoms with Crippen LogP contribution in [0.25, 0.3) is 0 Å². The highest BCUT2D eigenvalue weighted by Crippen LogP contribution is 2.05. The molecule has 0 rings (SSSR count). The molecule has 0 fully saturated rings. The molecule has 0 aromatic heterocycles. The van der Waals surface area contributed by atoms with E-state index in [2.05, 4.69) is 20.5 Å². The highest BCUT2D eigenvalue weighted by Gasteiger charge is 2.16. The summed E-state index contributed by atoms with van der Waals surface area (Å²) in [7, 11) is 0. The zero-order valence-electron chi connectivity index (χ0n) is 6.10. The van der Waals surface area contributed by atoms with Crippen LogP contribution in [0, 0.1) is 5.92 Å². The van der Waals surface area contributed by atoms with E-state index in [4.69, 9.17) is 5.11 Å². The van der Waals surface area contributed by atoms with Gasteiger partial charge in [-0.2, -0.15) is 0 Å². The Hall–Kier alpha value is -0.0900. The predicted molar refractivity (Wildman–Crippen MR) is 42.9 cm³/mol. The Morgan fingerprint density at radius 3 is 2.30 bits per heavy atom. The van der Waals surface area contributed by atoms with Crippen LogP contribution >= 0.6 is 16.1 Å². The van der Waals surface area contributed by atoms with Crippen LogP contribution < -0.4 is 4.34 Å². The van der Waals surface area contributed by atoms with Crippen molar-refractivity contribution in [1.29, 1.82) is 0 Å². The summed E-state index contributed by atoms with van der Waals surface area (Å²) in [6.45, 7) is 3.97. The molecule has 0 radical (unpaired) electrons. The number of nitrogens with one attached hydrogen (secondary N) is 1. The fourth-order valence-corrected chi connectivity index (χ4v) is 1.05. The van der Waals surface area contributed by atoms with E-state index in [0.29, 0.717) is 12.3 Å². The van der Waals surface area contributed by atoms with Crippen LogP contribution in [0.2, 0.25) is 0 Å². The number of carboxylic acids is 1. The van der Waals surface area contributed by atoms with Gasteiger partial charge in [0.1, 0.15) is 6.04 Å². The summed E-state index contributed by atoms with van der Waals surface area (Å²) in [5.74, 6) is -0.420. The van der Waals surface area contributed by atoms with Gasteiger partial charge < -0.3 is 5.11 Å². The standard InChI is InChI=1S/C6H12BrNO2/c1-4(2)3-5(8-7)6(9)10/h4-5,8H,3H2,1-2H3,(H,9,10)/t5-/m0/s1. The van der Waals surface area contributed by atoms with Crippen LogP contribution in [0.1, 0.15) is 20.3 Å². The lowest BCUT2D eigenvalue weighted by Gasteiger charge is -2.11. The van der Waals surface area contributed by atoms with Crippen molar-refractivity contribution in [3.8, 4) is 0 Å². The van der Waals surface area contributed by atoms with Gasteiger partial charge in [-0.1, -0.05) is 13.8 Å². The van der Waals surface area contributed by atoms with Crippen LogP contribution in [-0.4, -0.2) is 17.1 Å². The lowest BCUT2D eigenvalue weighted by atomic mass is 10.1. The van der Waals surface area contributed by atoms with Crippen molar-refractivity contribution in [3.05, 3.63) is 0 Å². The third-order valence-electron chi connectivity index (χ3n) is 1.14. The molecule has 0 aliphatic rings. The van der Waals surface area contributed by atoms with Crippen molar-refractivity contribution in [2.24, 2.45) is 5.92 Å². The zero-order valence-corrected chi connectivity index (χ0v) is 7.68. The third-order valence-corrected chi connectivity index (χ3v) is 1.69. The first kappa shape index (κ1) is 9.91. The number of rotatable bonds is 4. The van der Waals surface area contributed by atoms with Gasteiger partial charge in [-0.3, -0.25) is 4.79 Å². The van der Waals surface area contributed by atoms with Gasteiger partial charge >= 0.3 is 5.97 Å². The molecule has 10 heavy (non-hydrogen) atoms. The summed E-state index contributed by atoms with van der Waals surface area (Å²) in [4.78, 5) is 10.4. The monoisotopic (exact) mass is 209 g/mol. The first-order valence-electron chi connectivity index (χ1n) is 3.17. The number of aliphatic carboxylic acids is 1. The van der Waals surface area contributed by atoms with E-state index in [1.807, 2.05) is 13.8 Å². The van der Waals surface area contributed by atoms with Crippen molar-refractivity contribution in [1.82, 2.24) is 4.34 Å². The van der Waals surface area contributed by atoms with E-state index in [1.54, 1.807) is 0 Å². The molecule has 0 saturated carbocycles. The normalized spacial score (nSPS) is 13.6. The Bertz CT molecular complexity index is 116. The molecule has 4 heteroatoms. The van der Waals surface area contributed by atoms with Gasteiger partial charge in [-0.25, -0.2) is 4.34 Å². The lowest BCUT2D eigenvalue weighted by molar-refractivity contribution is -0.139. The summed E-state index contributed by atoms with van der Waals surface area (Å²) in [5, 5.41) is 8.53. The summed E-state index contributed by atoms with van der Waals surface area (Å²) < 4.78 is 2.55. The Morgan fingerprint density at radius 1 is 1.70 bits per heavy atom. The second-order valence-electron chi connectivity index (χ2n) is 2.63. The Morgan fingerprint density at radius 2 is 2.20 bits per heavy atom. The molecule has 60 valence electrons. The summed E-state index contributed by atoms with van der Waals surface area (Å²) in [6.07, 6.45) is 0.639. The van der Waals surface area contributed by atoms with Crippen LogP contribution in [0.15, 0.2) is 0 Å². The molecule has 1 atom stereocenters. The molecule has 0 aromatic rings. The van der Waals surface area contributed by atoms with Gasteiger partial charge in [0, 0.05) is 16.1 Å². The number of carbonyl (C=O) groups is 1. The van der Waals surface area contributed by atoms with Crippen molar-refractivity contribution >= 4 is 22.1 Å². The molecule has 3 nitrogen and oxygen atoms in total. The van der Waals surface area contributed by atoms with Gasteiger partial charge in [-0.05, 0) is 12.3 Å². The van der Waals surface area contributed by atoms with E-state index >= 15 is 0 Å². The maximum Gasteiger partial charge on any atom is 0.321 e. The minimum atomic E-state index is -0.814. The summed E-state index contributed by atoms with van der Waals surface area (Å²) in [6, 6.07) is -0.472. The van der Waals surface area contributed by atoms with Crippen molar-refractivity contribution in [2.45, 2.75) is 26.3 Å². The van der Waals surface area contributed by atoms with E-state index in [-0.39, 0.29) is 0 Å². The molecule has 0 unspecified atom stereocenters. The summed E-state index contributed by atoms with van der Waals surface area (Å²) in [5.41, 5.74) is 0. The van der Waals surface area contributed by atoms with Crippen LogP contribution in [0.3, 0.4) is 0 Å². The number of carboxylic acid groups (broad SMARTS) is 1. The molecular weight excluding hydrogens is 198 g/mol. The van der Waals surface area contributed by atoms with E-state index in [1.165, 1.54) is 0 Å². The van der Waals surface area contributed by atoms with Crippen molar-refractivity contribution < 1.29 is 9.90 Å². The molecule has 2 N–H and O–H groups in total. The quantitative estimate of drug-likeness (QED) is 0.689. The van der Waals surface area contributed by atoms with Gasteiger partial charge in [0.05, 0.1) is 0 Å². The van der Waals surface area contributed by atoms with Crippen molar-refractivity contribution in [2.75, 3.05) is 0 Å². The van der Waals surface area contributed by atoms with Gasteiger partial charge in [-0.15, -0.1) is 0 Å². The fraction of sp³-hybridized carbons (Fsp3) is 0.833. The Balaban J connectivity index is 3.72. The van der Waals surface area contributed by atoms with Gasteiger partial charge in [0.25, 0.3) is 0 Å². The minimum absolute atomic E-state index is 0.395. The fourth-order valence-electron chi connectivity index (χ4n) is 0.663. The highest BCUT2D eigenvalue weighted by molar-refractivity contribution is 9.08. The Labute approximate surface area is 69.1 Å². The largest absolute Gasteiger partial charge is 0.480 e. The molecule has 0 aliphatic carbocycles. The van der Waals surface area contributed by atoms with Crippen LogP contribution in [-0.2, 0) is 4.79 Å². The molecule has 0 saturated heterocycles. The minimum Gasteiger partial charge on any atom is -0.480 e. The first-order chi connectivity index (χ1) is 4.57. The van der Waals surface area contributed by atoms with Gasteiger partial charge in [0.15, 0.2) is 0 Å². The average molecular weight is 210 g/mol. The molecule has 0 aliphatic heterocycles. The van der Waals surface area contributed by atoms with E-state index in [0.717, 1.165) is 0 Å². The van der Waals surface area contributed by atoms with Crippen LogP contribution in [0.5, 0.6) is 0 Å². The Kier molecular flexibility index (Phi) is 4.64. The molecule has 0 amide bonds. The van der Waals surface area contributed by atoms with Gasteiger partial charge in [0.2, 0.25) is 0 Å². The van der Waals surface area contributed by atoms with Crippen LogP contribution in [0.4, 0.5) is 0 Å². The molecule has 0 aromatic carbocycles. The lowest BCUT2D eigenvalue weighted by Crippen LogP contribution is -2.31. The SMILES string of the molecule is CC(C)C[C@H](NBr)C(=O)O. The average Bonchev–Trinajstić information content (AvgIpc) is 1.81. The van der Waals surface area contributed by atoms with Crippen molar-refractivity contribution in [3.63, 3.8) is 0 Å². The predicted octanol–water partition coefficient (Wildman–Crippen LogP) is 1.39. The summed E-state index contributed by atoms with van der Waals surface area (Å²) >= 11 is 2.91. The molecule has 0 heterocycles. The second kappa shape index (κ2) is 4.68. The van der Waals surface area contributed by atoms with E-state index in [9.17, 15) is 4.79 Å². The molecule has 0 bridgehead atoms. The molecular formula is C6H12BrNO2. The number of halogens is 1. The molecule has 0 spiro atoms. The zero-order chi connectivity index (χ0) is 8.15. The maximum absolute atomic E-state index is 10.4. The second-order valence-corrected chi connectivity index (χ2v) is 3.09. The first-order valence-corrected chi connectivity index (χ1v) is 3.96. The smallest absolute Gasteiger partial charge is 0.321 e. The van der Waals surface area contributed by atoms with E-state index < -0.39 is 12.0 Å². The third kappa shape index (κ3) is 3.85.